The zero-order valence-electron chi connectivity index (χ0n) is 25.3. The van der Waals surface area contributed by atoms with Crippen LogP contribution < -0.4 is 9.64 Å². The van der Waals surface area contributed by atoms with Crippen LogP contribution in [0.3, 0.4) is 0 Å². The van der Waals surface area contributed by atoms with Crippen LogP contribution in [-0.2, 0) is 22.2 Å². The topological polar surface area (TPSA) is 77.0 Å². The molecule has 8 nitrogen and oxygen atoms in total. The van der Waals surface area contributed by atoms with Gasteiger partial charge in [-0.05, 0) is 62.4 Å². The molecule has 0 saturated carbocycles. The van der Waals surface area contributed by atoms with Crippen molar-refractivity contribution in [1.82, 2.24) is 14.9 Å². The molecule has 1 unspecified atom stereocenters. The van der Waals surface area contributed by atoms with E-state index in [1.807, 2.05) is 56.0 Å². The standard InChI is InChI=1S/C32H38ClF3N4O4/c1-5-26-16-27(17-29(23-9-7-6-8-10-23)40(26)31(41)44-21(2)3)39(30-37-18-28(19-38-30)43-12-11-42-4)20-22-13-24(32(34,35)36)15-25(33)14-22/h6-10,13-15,18-19,21,26-27,29H,5,11-12,16-17,20H2,1-4H3/t26-,27+,29?/m1/s1. The van der Waals surface area contributed by atoms with Gasteiger partial charge in [0.15, 0.2) is 5.75 Å². The van der Waals surface area contributed by atoms with E-state index in [2.05, 4.69) is 9.97 Å². The third-order valence-corrected chi connectivity index (χ3v) is 7.70. The number of hydrogen-bond acceptors (Lipinski definition) is 7. The number of carbonyl (C=O) groups is 1. The van der Waals surface area contributed by atoms with E-state index in [1.54, 1.807) is 12.0 Å². The molecular formula is C32H38ClF3N4O4. The molecule has 1 aliphatic heterocycles. The molecule has 3 aromatic rings. The van der Waals surface area contributed by atoms with Crippen molar-refractivity contribution in [2.75, 3.05) is 25.2 Å². The molecule has 1 aliphatic rings. The van der Waals surface area contributed by atoms with Crippen LogP contribution in [-0.4, -0.2) is 59.5 Å². The summed E-state index contributed by atoms with van der Waals surface area (Å²) >= 11 is 6.16. The molecular weight excluding hydrogens is 597 g/mol. The first-order valence-electron chi connectivity index (χ1n) is 14.6. The molecule has 3 atom stereocenters. The van der Waals surface area contributed by atoms with Gasteiger partial charge in [0.2, 0.25) is 5.95 Å². The minimum Gasteiger partial charge on any atom is -0.488 e. The highest BCUT2D eigenvalue weighted by atomic mass is 35.5. The number of piperidine rings is 1. The van der Waals surface area contributed by atoms with Crippen LogP contribution in [0.1, 0.15) is 62.8 Å². The first-order valence-corrected chi connectivity index (χ1v) is 15.0. The number of nitrogens with zero attached hydrogens (tertiary/aromatic N) is 4. The Labute approximate surface area is 261 Å². The third kappa shape index (κ3) is 8.53. The quantitative estimate of drug-likeness (QED) is 0.200. The number of anilines is 1. The molecule has 4 rings (SSSR count). The highest BCUT2D eigenvalue weighted by Crippen LogP contribution is 2.40. The number of alkyl halides is 3. The lowest BCUT2D eigenvalue weighted by Gasteiger charge is -2.47. The molecule has 1 saturated heterocycles. The lowest BCUT2D eigenvalue weighted by molar-refractivity contribution is -0.137. The molecule has 12 heteroatoms. The molecule has 44 heavy (non-hydrogen) atoms. The fraction of sp³-hybridized carbons (Fsp3) is 0.469. The van der Waals surface area contributed by atoms with Gasteiger partial charge < -0.3 is 19.1 Å². The number of rotatable bonds is 11. The second-order valence-electron chi connectivity index (χ2n) is 11.0. The number of hydrogen-bond donors (Lipinski definition) is 0. The van der Waals surface area contributed by atoms with Gasteiger partial charge in [0.05, 0.1) is 36.7 Å². The van der Waals surface area contributed by atoms with Gasteiger partial charge in [0.1, 0.15) is 6.61 Å². The highest BCUT2D eigenvalue weighted by molar-refractivity contribution is 6.30. The van der Waals surface area contributed by atoms with Gasteiger partial charge in [-0.3, -0.25) is 4.90 Å². The van der Waals surface area contributed by atoms with Gasteiger partial charge in [0, 0.05) is 30.8 Å². The van der Waals surface area contributed by atoms with Gasteiger partial charge >= 0.3 is 12.3 Å². The lowest BCUT2D eigenvalue weighted by Crippen LogP contribution is -2.54. The molecule has 1 aromatic heterocycles. The predicted molar refractivity (Wildman–Crippen MR) is 162 cm³/mol. The van der Waals surface area contributed by atoms with Crippen LogP contribution >= 0.6 is 11.6 Å². The van der Waals surface area contributed by atoms with Crippen molar-refractivity contribution >= 4 is 23.6 Å². The predicted octanol–water partition coefficient (Wildman–Crippen LogP) is 7.71. The van der Waals surface area contributed by atoms with E-state index in [4.69, 9.17) is 25.8 Å². The maximum atomic E-state index is 13.7. The van der Waals surface area contributed by atoms with Gasteiger partial charge in [-0.2, -0.15) is 13.2 Å². The van der Waals surface area contributed by atoms with Crippen molar-refractivity contribution in [2.45, 2.75) is 77.0 Å². The molecule has 1 amide bonds. The SMILES string of the molecule is CC[C@@H]1C[C@H](N(Cc2cc(Cl)cc(C(F)(F)F)c2)c2ncc(OCCOC)cn2)CC(c2ccccc2)N1C(=O)OC(C)C. The molecule has 0 radical (unpaired) electrons. The summed E-state index contributed by atoms with van der Waals surface area (Å²) in [5, 5.41) is -0.0163. The average molecular weight is 635 g/mol. The molecule has 238 valence electrons. The maximum absolute atomic E-state index is 13.7. The molecule has 1 fully saturated rings. The number of amides is 1. The number of ether oxygens (including phenoxy) is 3. The number of aromatic nitrogens is 2. The second-order valence-corrected chi connectivity index (χ2v) is 11.4. The smallest absolute Gasteiger partial charge is 0.416 e. The minimum absolute atomic E-state index is 0.0163. The molecule has 0 aliphatic carbocycles. The van der Waals surface area contributed by atoms with Crippen LogP contribution in [0, 0.1) is 0 Å². The highest BCUT2D eigenvalue weighted by Gasteiger charge is 2.42. The zero-order chi connectivity index (χ0) is 31.9. The van der Waals surface area contributed by atoms with E-state index in [0.717, 1.165) is 17.7 Å². The van der Waals surface area contributed by atoms with E-state index < -0.39 is 17.8 Å². The van der Waals surface area contributed by atoms with E-state index >= 15 is 0 Å². The van der Waals surface area contributed by atoms with Gasteiger partial charge in [-0.1, -0.05) is 48.9 Å². The largest absolute Gasteiger partial charge is 0.488 e. The number of benzene rings is 2. The average Bonchev–Trinajstić information content (AvgIpc) is 2.99. The summed E-state index contributed by atoms with van der Waals surface area (Å²) in [6.45, 7) is 6.39. The van der Waals surface area contributed by atoms with Gasteiger partial charge in [-0.25, -0.2) is 14.8 Å². The summed E-state index contributed by atoms with van der Waals surface area (Å²) in [5.74, 6) is 0.759. The number of halogens is 4. The van der Waals surface area contributed by atoms with Crippen LogP contribution in [0.5, 0.6) is 5.75 Å². The third-order valence-electron chi connectivity index (χ3n) is 7.48. The Morgan fingerprint density at radius 3 is 2.41 bits per heavy atom. The molecule has 2 heterocycles. The van der Waals surface area contributed by atoms with E-state index in [9.17, 15) is 18.0 Å². The van der Waals surface area contributed by atoms with Crippen molar-refractivity contribution in [1.29, 1.82) is 0 Å². The van der Waals surface area contributed by atoms with Gasteiger partial charge in [-0.15, -0.1) is 0 Å². The Morgan fingerprint density at radius 2 is 1.80 bits per heavy atom. The first kappa shape index (κ1) is 33.3. The Balaban J connectivity index is 1.75. The monoisotopic (exact) mass is 634 g/mol. The molecule has 0 spiro atoms. The Bertz CT molecular complexity index is 1360. The van der Waals surface area contributed by atoms with Crippen molar-refractivity contribution in [3.05, 3.63) is 82.6 Å². The number of methoxy groups -OCH3 is 1. The zero-order valence-corrected chi connectivity index (χ0v) is 26.0. The van der Waals surface area contributed by atoms with Crippen LogP contribution in [0.15, 0.2) is 60.9 Å². The molecule has 2 aromatic carbocycles. The van der Waals surface area contributed by atoms with E-state index in [0.29, 0.717) is 49.7 Å². The summed E-state index contributed by atoms with van der Waals surface area (Å²) in [6, 6.07) is 12.4. The molecule has 0 N–H and O–H groups in total. The molecule has 0 bridgehead atoms. The second kappa shape index (κ2) is 14.9. The lowest BCUT2D eigenvalue weighted by atomic mass is 9.85. The summed E-state index contributed by atoms with van der Waals surface area (Å²) in [7, 11) is 1.57. The summed E-state index contributed by atoms with van der Waals surface area (Å²) in [4.78, 5) is 26.2. The van der Waals surface area contributed by atoms with E-state index in [-0.39, 0.29) is 35.8 Å². The van der Waals surface area contributed by atoms with Crippen molar-refractivity contribution < 1.29 is 32.2 Å². The first-order chi connectivity index (χ1) is 21.0. The Hall–Kier alpha value is -3.57. The summed E-state index contributed by atoms with van der Waals surface area (Å²) in [5.41, 5.74) is 0.462. The van der Waals surface area contributed by atoms with Crippen molar-refractivity contribution in [2.24, 2.45) is 0 Å². The van der Waals surface area contributed by atoms with Crippen LogP contribution in [0.25, 0.3) is 0 Å². The van der Waals surface area contributed by atoms with Crippen molar-refractivity contribution in [3.63, 3.8) is 0 Å². The fourth-order valence-corrected chi connectivity index (χ4v) is 5.78. The number of carbonyl (C=O) groups excluding carboxylic acids is 1. The summed E-state index contributed by atoms with van der Waals surface area (Å²) < 4.78 is 57.5. The minimum atomic E-state index is -4.56. The summed E-state index contributed by atoms with van der Waals surface area (Å²) in [6.07, 6.45) is -0.556. The van der Waals surface area contributed by atoms with Crippen molar-refractivity contribution in [3.8, 4) is 5.75 Å². The van der Waals surface area contributed by atoms with Crippen LogP contribution in [0.4, 0.5) is 23.9 Å². The maximum Gasteiger partial charge on any atom is 0.416 e. The fourth-order valence-electron chi connectivity index (χ4n) is 5.52. The van der Waals surface area contributed by atoms with Crippen LogP contribution in [0.2, 0.25) is 5.02 Å². The Morgan fingerprint density at radius 1 is 1.09 bits per heavy atom. The number of likely N-dealkylation sites (tertiary alicyclic amines) is 1. The van der Waals surface area contributed by atoms with E-state index in [1.165, 1.54) is 18.5 Å². The Kier molecular flexibility index (Phi) is 11.3. The van der Waals surface area contributed by atoms with Gasteiger partial charge in [0.25, 0.3) is 0 Å². The normalized spacial score (nSPS) is 18.8.